The van der Waals surface area contributed by atoms with Gasteiger partial charge in [-0.25, -0.2) is 13.1 Å². The number of benzene rings is 1. The quantitative estimate of drug-likeness (QED) is 0.657. The zero-order chi connectivity index (χ0) is 24.5. The molecule has 1 aromatic carbocycles. The summed E-state index contributed by atoms with van der Waals surface area (Å²) in [5.74, 6) is 0.570. The van der Waals surface area contributed by atoms with Gasteiger partial charge in [0.1, 0.15) is 0 Å². The van der Waals surface area contributed by atoms with Crippen molar-refractivity contribution in [3.63, 3.8) is 0 Å². The van der Waals surface area contributed by atoms with Crippen LogP contribution >= 0.6 is 0 Å². The van der Waals surface area contributed by atoms with E-state index >= 15 is 0 Å². The number of hydrogen-bond donors (Lipinski definition) is 1. The molecule has 2 fully saturated rings. The Bertz CT molecular complexity index is 1010. The number of rotatable bonds is 6. The lowest BCUT2D eigenvalue weighted by Crippen LogP contribution is -2.43. The van der Waals surface area contributed by atoms with E-state index in [1.54, 1.807) is 23.1 Å². The minimum atomic E-state index is -3.62. The largest absolute Gasteiger partial charge is 0.343 e. The highest BCUT2D eigenvalue weighted by Crippen LogP contribution is 2.35. The molecule has 0 saturated heterocycles. The van der Waals surface area contributed by atoms with Crippen LogP contribution in [-0.4, -0.2) is 50.8 Å². The first kappa shape index (κ1) is 25.2. The summed E-state index contributed by atoms with van der Waals surface area (Å²) in [6.07, 6.45) is 10.0. The number of amides is 2. The third-order valence-electron chi connectivity index (χ3n) is 8.14. The number of hydrogen-bond acceptors (Lipinski definition) is 4. The molecule has 3 aliphatic rings. The fourth-order valence-corrected chi connectivity index (χ4v) is 7.28. The van der Waals surface area contributed by atoms with Gasteiger partial charge in [0, 0.05) is 44.2 Å². The number of carbonyl (C=O) groups excluding carboxylic acids is 2. The molecule has 0 radical (unpaired) electrons. The molecule has 7 nitrogen and oxygen atoms in total. The van der Waals surface area contributed by atoms with E-state index in [0.717, 1.165) is 49.8 Å². The monoisotopic (exact) mass is 489 g/mol. The maximum absolute atomic E-state index is 13.0. The highest BCUT2D eigenvalue weighted by molar-refractivity contribution is 7.89. The first-order valence-corrected chi connectivity index (χ1v) is 14.3. The minimum Gasteiger partial charge on any atom is -0.343 e. The van der Waals surface area contributed by atoms with Crippen molar-refractivity contribution in [3.8, 4) is 0 Å². The summed E-state index contributed by atoms with van der Waals surface area (Å²) >= 11 is 0. The fraction of sp³-hybridized carbons (Fsp3) is 0.692. The second-order valence-electron chi connectivity index (χ2n) is 10.5. The molecule has 8 heteroatoms. The van der Waals surface area contributed by atoms with E-state index in [9.17, 15) is 18.0 Å². The summed E-state index contributed by atoms with van der Waals surface area (Å²) in [6, 6.07) is 5.46. The Balaban J connectivity index is 1.29. The van der Waals surface area contributed by atoms with Crippen LogP contribution in [0.5, 0.6) is 0 Å². The van der Waals surface area contributed by atoms with E-state index in [-0.39, 0.29) is 34.6 Å². The van der Waals surface area contributed by atoms with E-state index in [2.05, 4.69) is 4.72 Å². The van der Waals surface area contributed by atoms with Crippen molar-refractivity contribution < 1.29 is 18.0 Å². The van der Waals surface area contributed by atoms with Crippen molar-refractivity contribution in [2.24, 2.45) is 11.8 Å². The summed E-state index contributed by atoms with van der Waals surface area (Å²) in [5.41, 5.74) is 1.70. The van der Waals surface area contributed by atoms with Crippen molar-refractivity contribution in [2.75, 3.05) is 18.5 Å². The van der Waals surface area contributed by atoms with Crippen molar-refractivity contribution in [1.29, 1.82) is 0 Å². The molecule has 1 aliphatic heterocycles. The molecule has 2 saturated carbocycles. The number of nitrogens with one attached hydrogen (secondary N) is 1. The second-order valence-corrected chi connectivity index (χ2v) is 12.3. The Morgan fingerprint density at radius 3 is 2.38 bits per heavy atom. The van der Waals surface area contributed by atoms with Crippen molar-refractivity contribution in [2.45, 2.75) is 95.0 Å². The van der Waals surface area contributed by atoms with Crippen molar-refractivity contribution in [1.82, 2.24) is 9.62 Å². The lowest BCUT2D eigenvalue weighted by Gasteiger charge is -2.36. The number of nitrogens with zero attached hydrogens (tertiary/aromatic N) is 2. The molecule has 188 valence electrons. The summed E-state index contributed by atoms with van der Waals surface area (Å²) < 4.78 is 28.7. The fourth-order valence-electron chi connectivity index (χ4n) is 6.12. The van der Waals surface area contributed by atoms with Gasteiger partial charge in [0.15, 0.2) is 0 Å². The smallest absolute Gasteiger partial charge is 0.240 e. The SMILES string of the molecule is CC(=O)N1c2ccc(S(=O)(=O)NCC3CCC(C(=O)N(C)C4CCCCC4)CC3)cc2CC1C. The zero-order valence-electron chi connectivity index (χ0n) is 20.8. The number of anilines is 1. The van der Waals surface area contributed by atoms with E-state index in [1.165, 1.54) is 26.2 Å². The molecule has 1 heterocycles. The van der Waals surface area contributed by atoms with Crippen LogP contribution in [0.2, 0.25) is 0 Å². The van der Waals surface area contributed by atoms with Gasteiger partial charge in [0.05, 0.1) is 4.90 Å². The molecule has 4 rings (SSSR count). The predicted molar refractivity (Wildman–Crippen MR) is 133 cm³/mol. The summed E-state index contributed by atoms with van der Waals surface area (Å²) in [4.78, 5) is 28.9. The maximum Gasteiger partial charge on any atom is 0.240 e. The molecule has 0 aromatic heterocycles. The van der Waals surface area contributed by atoms with Gasteiger partial charge >= 0.3 is 0 Å². The highest BCUT2D eigenvalue weighted by Gasteiger charge is 2.33. The Morgan fingerprint density at radius 2 is 1.74 bits per heavy atom. The van der Waals surface area contributed by atoms with Crippen molar-refractivity contribution in [3.05, 3.63) is 23.8 Å². The molecular weight excluding hydrogens is 450 g/mol. The van der Waals surface area contributed by atoms with Gasteiger partial charge in [-0.1, -0.05) is 19.3 Å². The molecule has 34 heavy (non-hydrogen) atoms. The predicted octanol–water partition coefficient (Wildman–Crippen LogP) is 3.86. The Labute approximate surface area is 204 Å². The van der Waals surface area contributed by atoms with Crippen LogP contribution in [0, 0.1) is 11.8 Å². The average Bonchev–Trinajstić information content (AvgIpc) is 3.18. The van der Waals surface area contributed by atoms with Gasteiger partial charge < -0.3 is 9.80 Å². The van der Waals surface area contributed by atoms with Gasteiger partial charge in [-0.3, -0.25) is 9.59 Å². The van der Waals surface area contributed by atoms with E-state index in [1.807, 2.05) is 18.9 Å². The van der Waals surface area contributed by atoms with E-state index in [4.69, 9.17) is 0 Å². The second kappa shape index (κ2) is 10.4. The molecule has 1 N–H and O–H groups in total. The Kier molecular flexibility index (Phi) is 7.67. The highest BCUT2D eigenvalue weighted by atomic mass is 32.2. The number of carbonyl (C=O) groups is 2. The first-order valence-electron chi connectivity index (χ1n) is 12.9. The molecule has 0 bridgehead atoms. The van der Waals surface area contributed by atoms with Gasteiger partial charge in [-0.05, 0) is 81.5 Å². The van der Waals surface area contributed by atoms with Crippen LogP contribution in [0.25, 0.3) is 0 Å². The van der Waals surface area contributed by atoms with Crippen LogP contribution in [0.3, 0.4) is 0 Å². The normalized spacial score (nSPS) is 25.7. The number of fused-ring (bicyclic) bond motifs is 1. The number of sulfonamides is 1. The third kappa shape index (κ3) is 5.33. The van der Waals surface area contributed by atoms with Crippen LogP contribution in [-0.2, 0) is 26.0 Å². The van der Waals surface area contributed by atoms with Gasteiger partial charge in [0.2, 0.25) is 21.8 Å². The van der Waals surface area contributed by atoms with Gasteiger partial charge in [-0.2, -0.15) is 0 Å². The zero-order valence-corrected chi connectivity index (χ0v) is 21.6. The van der Waals surface area contributed by atoms with E-state index < -0.39 is 10.0 Å². The summed E-state index contributed by atoms with van der Waals surface area (Å²) in [6.45, 7) is 3.91. The first-order chi connectivity index (χ1) is 16.2. The Morgan fingerprint density at radius 1 is 1.06 bits per heavy atom. The third-order valence-corrected chi connectivity index (χ3v) is 9.57. The standard InChI is InChI=1S/C26H39N3O4S/c1-18-15-22-16-24(13-14-25(22)29(18)19(2)30)34(32,33)27-17-20-9-11-21(12-10-20)26(31)28(3)23-7-5-4-6-8-23/h13-14,16,18,20-21,23,27H,4-12,15,17H2,1-3H3. The Hall–Kier alpha value is -1.93. The summed E-state index contributed by atoms with van der Waals surface area (Å²) in [7, 11) is -1.66. The van der Waals surface area contributed by atoms with E-state index in [0.29, 0.717) is 19.0 Å². The van der Waals surface area contributed by atoms with Gasteiger partial charge in [0.25, 0.3) is 0 Å². The lowest BCUT2D eigenvalue weighted by molar-refractivity contribution is -0.138. The average molecular weight is 490 g/mol. The molecule has 2 aliphatic carbocycles. The topological polar surface area (TPSA) is 86.8 Å². The molecule has 1 aromatic rings. The van der Waals surface area contributed by atoms with Crippen LogP contribution in [0.4, 0.5) is 5.69 Å². The summed E-state index contributed by atoms with van der Waals surface area (Å²) in [5, 5.41) is 0. The molecule has 2 amide bonds. The molecule has 0 spiro atoms. The van der Waals surface area contributed by atoms with Crippen LogP contribution in [0.1, 0.15) is 77.2 Å². The van der Waals surface area contributed by atoms with Gasteiger partial charge in [-0.15, -0.1) is 0 Å². The minimum absolute atomic E-state index is 0.0287. The molecule has 1 unspecified atom stereocenters. The maximum atomic E-state index is 13.0. The molecular formula is C26H39N3O4S. The lowest BCUT2D eigenvalue weighted by atomic mass is 9.81. The molecule has 1 atom stereocenters. The van der Waals surface area contributed by atoms with Crippen molar-refractivity contribution >= 4 is 27.5 Å². The van der Waals surface area contributed by atoms with Crippen LogP contribution in [0.15, 0.2) is 23.1 Å². The van der Waals surface area contributed by atoms with Crippen LogP contribution < -0.4 is 9.62 Å².